The second-order valence-corrected chi connectivity index (χ2v) is 3.23. The van der Waals surface area contributed by atoms with Gasteiger partial charge >= 0.3 is 0 Å². The van der Waals surface area contributed by atoms with Gasteiger partial charge in [0.15, 0.2) is 0 Å². The van der Waals surface area contributed by atoms with Gasteiger partial charge in [0.25, 0.3) is 0 Å². The first-order valence-corrected chi connectivity index (χ1v) is 4.67. The van der Waals surface area contributed by atoms with Crippen molar-refractivity contribution in [3.8, 4) is 0 Å². The SMILES string of the molecule is Bc1ccc([C@H](O)CBr)cc1. The molecule has 0 saturated heterocycles. The molecule has 1 aromatic carbocycles. The monoisotopic (exact) mass is 212 g/mol. The average molecular weight is 213 g/mol. The number of hydrogen-bond donors (Lipinski definition) is 1. The number of rotatable bonds is 2. The molecular weight excluding hydrogens is 203 g/mol. The van der Waals surface area contributed by atoms with Crippen LogP contribution in [0.25, 0.3) is 0 Å². The topological polar surface area (TPSA) is 20.2 Å². The molecule has 1 nitrogen and oxygen atoms in total. The van der Waals surface area contributed by atoms with Crippen LogP contribution in [0.5, 0.6) is 0 Å². The molecule has 11 heavy (non-hydrogen) atoms. The third-order valence-corrected chi connectivity index (χ3v) is 2.22. The molecule has 58 valence electrons. The minimum atomic E-state index is -0.379. The van der Waals surface area contributed by atoms with Gasteiger partial charge in [0.05, 0.1) is 6.10 Å². The Hall–Kier alpha value is -0.275. The highest BCUT2D eigenvalue weighted by Gasteiger charge is 2.02. The summed E-state index contributed by atoms with van der Waals surface area (Å²) in [5.41, 5.74) is 2.18. The van der Waals surface area contributed by atoms with E-state index in [-0.39, 0.29) is 6.10 Å². The Morgan fingerprint density at radius 2 is 1.91 bits per heavy atom. The second-order valence-electron chi connectivity index (χ2n) is 2.58. The summed E-state index contributed by atoms with van der Waals surface area (Å²) in [6.45, 7) is 0. The van der Waals surface area contributed by atoms with Crippen molar-refractivity contribution in [3.05, 3.63) is 29.8 Å². The highest BCUT2D eigenvalue weighted by Crippen LogP contribution is 2.12. The Morgan fingerprint density at radius 3 is 2.36 bits per heavy atom. The summed E-state index contributed by atoms with van der Waals surface area (Å²) in [6, 6.07) is 7.89. The fourth-order valence-electron chi connectivity index (χ4n) is 0.878. The van der Waals surface area contributed by atoms with Gasteiger partial charge in [-0.1, -0.05) is 45.7 Å². The molecule has 1 atom stereocenters. The van der Waals surface area contributed by atoms with Crippen molar-refractivity contribution >= 4 is 29.2 Å². The van der Waals surface area contributed by atoms with Crippen molar-refractivity contribution in [3.63, 3.8) is 0 Å². The zero-order chi connectivity index (χ0) is 8.27. The summed E-state index contributed by atoms with van der Waals surface area (Å²) in [4.78, 5) is 0. The largest absolute Gasteiger partial charge is 0.388 e. The van der Waals surface area contributed by atoms with E-state index in [9.17, 15) is 5.11 Å². The number of halogens is 1. The summed E-state index contributed by atoms with van der Waals surface area (Å²) < 4.78 is 0. The Labute approximate surface area is 76.0 Å². The molecule has 0 aromatic heterocycles. The van der Waals surface area contributed by atoms with E-state index in [0.29, 0.717) is 5.33 Å². The fraction of sp³-hybridized carbons (Fsp3) is 0.250. The molecule has 1 rings (SSSR count). The smallest absolute Gasteiger partial charge is 0.139 e. The van der Waals surface area contributed by atoms with Gasteiger partial charge < -0.3 is 5.11 Å². The lowest BCUT2D eigenvalue weighted by Gasteiger charge is -2.06. The van der Waals surface area contributed by atoms with E-state index >= 15 is 0 Å². The standard InChI is InChI=1S/C8H10BBrO/c9-7-3-1-6(2-4-7)8(11)5-10/h1-4,8,11H,5,9H2/t8-/m1/s1. The minimum Gasteiger partial charge on any atom is -0.388 e. The van der Waals surface area contributed by atoms with E-state index in [0.717, 1.165) is 5.56 Å². The zero-order valence-corrected chi connectivity index (χ0v) is 8.01. The third-order valence-electron chi connectivity index (χ3n) is 1.61. The van der Waals surface area contributed by atoms with Crippen molar-refractivity contribution < 1.29 is 5.11 Å². The molecule has 0 aliphatic carbocycles. The quantitative estimate of drug-likeness (QED) is 0.555. The van der Waals surface area contributed by atoms with E-state index < -0.39 is 0 Å². The molecule has 0 radical (unpaired) electrons. The van der Waals surface area contributed by atoms with Gasteiger partial charge in [-0.15, -0.1) is 0 Å². The molecule has 1 aromatic rings. The van der Waals surface area contributed by atoms with Gasteiger partial charge in [-0.25, -0.2) is 0 Å². The van der Waals surface area contributed by atoms with Gasteiger partial charge in [0.2, 0.25) is 0 Å². The normalized spacial score (nSPS) is 12.9. The molecule has 0 aliphatic rings. The maximum absolute atomic E-state index is 9.37. The van der Waals surface area contributed by atoms with Crippen LogP contribution in [0.3, 0.4) is 0 Å². The Kier molecular flexibility index (Phi) is 3.15. The number of benzene rings is 1. The summed E-state index contributed by atoms with van der Waals surface area (Å²) in [5, 5.41) is 9.97. The number of aliphatic hydroxyl groups is 1. The molecule has 3 heteroatoms. The zero-order valence-electron chi connectivity index (χ0n) is 6.42. The van der Waals surface area contributed by atoms with Crippen LogP contribution in [0.15, 0.2) is 24.3 Å². The highest BCUT2D eigenvalue weighted by atomic mass is 79.9. The van der Waals surface area contributed by atoms with E-state index in [2.05, 4.69) is 15.9 Å². The van der Waals surface area contributed by atoms with Gasteiger partial charge in [0, 0.05) is 5.33 Å². The van der Waals surface area contributed by atoms with Gasteiger partial charge in [0.1, 0.15) is 7.85 Å². The maximum atomic E-state index is 9.37. The van der Waals surface area contributed by atoms with Crippen LogP contribution in [-0.2, 0) is 0 Å². The highest BCUT2D eigenvalue weighted by molar-refractivity contribution is 9.09. The van der Waals surface area contributed by atoms with Crippen molar-refractivity contribution in [2.45, 2.75) is 6.10 Å². The molecule has 0 bridgehead atoms. The van der Waals surface area contributed by atoms with Crippen LogP contribution in [-0.4, -0.2) is 18.3 Å². The summed E-state index contributed by atoms with van der Waals surface area (Å²) >= 11 is 3.22. The molecule has 0 fully saturated rings. The van der Waals surface area contributed by atoms with Crippen LogP contribution < -0.4 is 5.46 Å². The van der Waals surface area contributed by atoms with Crippen molar-refractivity contribution in [1.29, 1.82) is 0 Å². The van der Waals surface area contributed by atoms with Crippen LogP contribution >= 0.6 is 15.9 Å². The molecular formula is C8H10BBrO. The van der Waals surface area contributed by atoms with E-state index in [1.54, 1.807) is 0 Å². The Morgan fingerprint density at radius 1 is 1.36 bits per heavy atom. The molecule has 0 unspecified atom stereocenters. The van der Waals surface area contributed by atoms with Crippen molar-refractivity contribution in [2.24, 2.45) is 0 Å². The predicted molar refractivity (Wildman–Crippen MR) is 53.4 cm³/mol. The molecule has 0 saturated carbocycles. The fourth-order valence-corrected chi connectivity index (χ4v) is 1.25. The number of aliphatic hydroxyl groups excluding tert-OH is 1. The second kappa shape index (κ2) is 3.93. The molecule has 0 aliphatic heterocycles. The third kappa shape index (κ3) is 2.35. The van der Waals surface area contributed by atoms with E-state index in [1.807, 2.05) is 32.1 Å². The first-order valence-electron chi connectivity index (χ1n) is 3.54. The first-order chi connectivity index (χ1) is 5.24. The van der Waals surface area contributed by atoms with E-state index in [1.165, 1.54) is 5.46 Å². The predicted octanol–water partition coefficient (Wildman–Crippen LogP) is 0.373. The molecule has 0 spiro atoms. The lowest BCUT2D eigenvalue weighted by Crippen LogP contribution is -2.04. The van der Waals surface area contributed by atoms with Gasteiger partial charge in [-0.05, 0) is 5.56 Å². The van der Waals surface area contributed by atoms with Crippen LogP contribution in [0.2, 0.25) is 0 Å². The Balaban J connectivity index is 2.81. The number of alkyl halides is 1. The summed E-state index contributed by atoms with van der Waals surface area (Å²) in [6.07, 6.45) is -0.379. The van der Waals surface area contributed by atoms with Crippen LogP contribution in [0.1, 0.15) is 11.7 Å². The van der Waals surface area contributed by atoms with Crippen molar-refractivity contribution in [2.75, 3.05) is 5.33 Å². The summed E-state index contributed by atoms with van der Waals surface area (Å²) in [5.74, 6) is 0. The Bertz CT molecular complexity index is 222. The first kappa shape index (κ1) is 8.82. The van der Waals surface area contributed by atoms with Crippen molar-refractivity contribution in [1.82, 2.24) is 0 Å². The average Bonchev–Trinajstić information content (AvgIpc) is 2.05. The van der Waals surface area contributed by atoms with E-state index in [4.69, 9.17) is 0 Å². The minimum absolute atomic E-state index is 0.379. The van der Waals surface area contributed by atoms with Crippen LogP contribution in [0, 0.1) is 0 Å². The summed E-state index contributed by atoms with van der Waals surface area (Å²) in [7, 11) is 2.03. The maximum Gasteiger partial charge on any atom is 0.139 e. The van der Waals surface area contributed by atoms with Gasteiger partial charge in [-0.2, -0.15) is 0 Å². The molecule has 0 heterocycles. The molecule has 0 amide bonds. The lowest BCUT2D eigenvalue weighted by atomic mass is 9.94. The van der Waals surface area contributed by atoms with Crippen LogP contribution in [0.4, 0.5) is 0 Å². The van der Waals surface area contributed by atoms with Gasteiger partial charge in [-0.3, -0.25) is 0 Å². The number of hydrogen-bond acceptors (Lipinski definition) is 1. The lowest BCUT2D eigenvalue weighted by molar-refractivity contribution is 0.205. The molecule has 1 N–H and O–H groups in total.